The van der Waals surface area contributed by atoms with Gasteiger partial charge in [-0.25, -0.2) is 8.42 Å². The van der Waals surface area contributed by atoms with Crippen molar-refractivity contribution in [1.82, 2.24) is 0 Å². The van der Waals surface area contributed by atoms with Crippen LogP contribution in [0.4, 0.5) is 5.69 Å². The summed E-state index contributed by atoms with van der Waals surface area (Å²) in [7, 11) is -3.77. The summed E-state index contributed by atoms with van der Waals surface area (Å²) in [5, 5.41) is 9.65. The van der Waals surface area contributed by atoms with Crippen LogP contribution in [0.15, 0.2) is 30.3 Å². The Morgan fingerprint density at radius 1 is 1.26 bits per heavy atom. The molecule has 1 aromatic carbocycles. The lowest BCUT2D eigenvalue weighted by atomic mass is 10.3. The van der Waals surface area contributed by atoms with Crippen molar-refractivity contribution in [1.29, 1.82) is 0 Å². The van der Waals surface area contributed by atoms with Gasteiger partial charge in [0.05, 0.1) is 12.2 Å². The number of nitrogens with one attached hydrogen (secondary N) is 1. The zero-order valence-electron chi connectivity index (χ0n) is 10.4. The van der Waals surface area contributed by atoms with E-state index in [1.165, 1.54) is 6.92 Å². The van der Waals surface area contributed by atoms with Crippen LogP contribution in [0, 0.1) is 0 Å². The number of hydrogen-bond donors (Lipinski definition) is 2. The number of benzene rings is 1. The average Bonchev–Trinajstić information content (AvgIpc) is 2.36. The van der Waals surface area contributed by atoms with Crippen LogP contribution < -0.4 is 5.32 Å². The van der Waals surface area contributed by atoms with Crippen molar-refractivity contribution >= 4 is 27.4 Å². The lowest BCUT2D eigenvalue weighted by molar-refractivity contribution is -0.136. The number of rotatable bonds is 6. The van der Waals surface area contributed by atoms with Crippen LogP contribution in [0.25, 0.3) is 0 Å². The fraction of sp³-hybridized carbons (Fsp3) is 0.333. The Kier molecular flexibility index (Phi) is 5.05. The predicted molar refractivity (Wildman–Crippen MR) is 70.6 cm³/mol. The normalized spacial score (nSPS) is 12.7. The van der Waals surface area contributed by atoms with Crippen molar-refractivity contribution < 1.29 is 23.1 Å². The van der Waals surface area contributed by atoms with Crippen LogP contribution in [0.1, 0.15) is 13.3 Å². The molecule has 0 bridgehead atoms. The quantitative estimate of drug-likeness (QED) is 0.809. The van der Waals surface area contributed by atoms with Crippen LogP contribution in [0.3, 0.4) is 0 Å². The fourth-order valence-corrected chi connectivity index (χ4v) is 2.53. The van der Waals surface area contributed by atoms with E-state index in [2.05, 4.69) is 5.32 Å². The molecule has 0 aliphatic rings. The maximum Gasteiger partial charge on any atom is 0.304 e. The summed E-state index contributed by atoms with van der Waals surface area (Å²) >= 11 is 0. The number of aliphatic carboxylic acids is 1. The highest BCUT2D eigenvalue weighted by molar-refractivity contribution is 7.92. The molecular weight excluding hydrogens is 270 g/mol. The Balaban J connectivity index is 2.69. The summed E-state index contributed by atoms with van der Waals surface area (Å²) in [6.45, 7) is 1.25. The van der Waals surface area contributed by atoms with E-state index in [1.807, 2.05) is 0 Å². The van der Waals surface area contributed by atoms with Gasteiger partial charge in [0.2, 0.25) is 5.91 Å². The number of amides is 1. The van der Waals surface area contributed by atoms with E-state index in [0.717, 1.165) is 0 Å². The highest BCUT2D eigenvalue weighted by Gasteiger charge is 2.28. The molecule has 1 rings (SSSR count). The molecule has 104 valence electrons. The molecule has 1 atom stereocenters. The molecule has 0 fully saturated rings. The van der Waals surface area contributed by atoms with Gasteiger partial charge in [-0.2, -0.15) is 0 Å². The average molecular weight is 285 g/mol. The summed E-state index contributed by atoms with van der Waals surface area (Å²) in [5.74, 6) is -2.43. The van der Waals surface area contributed by atoms with Gasteiger partial charge in [0.25, 0.3) is 0 Å². The van der Waals surface area contributed by atoms with E-state index in [4.69, 9.17) is 5.11 Å². The van der Waals surface area contributed by atoms with E-state index < -0.39 is 39.1 Å². The van der Waals surface area contributed by atoms with E-state index in [-0.39, 0.29) is 0 Å². The first-order chi connectivity index (χ1) is 8.83. The van der Waals surface area contributed by atoms with Gasteiger partial charge in [-0.05, 0) is 19.1 Å². The summed E-state index contributed by atoms with van der Waals surface area (Å²) in [5.41, 5.74) is 0.493. The zero-order valence-corrected chi connectivity index (χ0v) is 11.2. The Hall–Kier alpha value is -1.89. The first-order valence-corrected chi connectivity index (χ1v) is 7.34. The molecule has 1 unspecified atom stereocenters. The molecule has 6 nitrogen and oxygen atoms in total. The number of anilines is 1. The Labute approximate surface area is 111 Å². The first kappa shape index (κ1) is 15.2. The second kappa shape index (κ2) is 6.33. The topological polar surface area (TPSA) is 101 Å². The molecule has 0 aliphatic carbocycles. The molecule has 1 amide bonds. The van der Waals surface area contributed by atoms with Crippen molar-refractivity contribution in [3.63, 3.8) is 0 Å². The highest BCUT2D eigenvalue weighted by atomic mass is 32.2. The number of sulfone groups is 1. The third-order valence-electron chi connectivity index (χ3n) is 2.55. The minimum Gasteiger partial charge on any atom is -0.481 e. The SMILES string of the molecule is CC(C(=O)Nc1ccccc1)S(=O)(=O)CCC(=O)O. The Bertz CT molecular complexity index is 553. The van der Waals surface area contributed by atoms with Gasteiger partial charge in [-0.3, -0.25) is 9.59 Å². The summed E-state index contributed by atoms with van der Waals surface area (Å²) in [6, 6.07) is 8.45. The smallest absolute Gasteiger partial charge is 0.304 e. The monoisotopic (exact) mass is 285 g/mol. The summed E-state index contributed by atoms with van der Waals surface area (Å²) < 4.78 is 23.5. The Morgan fingerprint density at radius 2 is 1.84 bits per heavy atom. The van der Waals surface area contributed by atoms with Crippen LogP contribution in [-0.2, 0) is 19.4 Å². The predicted octanol–water partition coefficient (Wildman–Crippen LogP) is 0.903. The van der Waals surface area contributed by atoms with Crippen molar-refractivity contribution in [2.24, 2.45) is 0 Å². The van der Waals surface area contributed by atoms with Gasteiger partial charge in [0, 0.05) is 5.69 Å². The standard InChI is InChI=1S/C12H15NO5S/c1-9(19(17,18)8-7-11(14)15)12(16)13-10-5-3-2-4-6-10/h2-6,9H,7-8H2,1H3,(H,13,16)(H,14,15). The molecule has 0 radical (unpaired) electrons. The molecule has 0 saturated carbocycles. The Morgan fingerprint density at radius 3 is 2.37 bits per heavy atom. The van der Waals surface area contributed by atoms with Gasteiger partial charge in [-0.15, -0.1) is 0 Å². The van der Waals surface area contributed by atoms with Crippen molar-refractivity contribution in [3.05, 3.63) is 30.3 Å². The lowest BCUT2D eigenvalue weighted by Gasteiger charge is -2.12. The van der Waals surface area contributed by atoms with Gasteiger partial charge in [0.1, 0.15) is 5.25 Å². The molecule has 0 saturated heterocycles. The summed E-state index contributed by atoms with van der Waals surface area (Å²) in [6.07, 6.45) is -0.509. The van der Waals surface area contributed by atoms with Gasteiger partial charge >= 0.3 is 5.97 Å². The zero-order chi connectivity index (χ0) is 14.5. The molecule has 1 aromatic rings. The minimum atomic E-state index is -3.77. The van der Waals surface area contributed by atoms with E-state index >= 15 is 0 Å². The molecular formula is C12H15NO5S. The third kappa shape index (κ3) is 4.70. The van der Waals surface area contributed by atoms with Gasteiger partial charge < -0.3 is 10.4 Å². The molecule has 19 heavy (non-hydrogen) atoms. The number of carbonyl (C=O) groups excluding carboxylic acids is 1. The summed E-state index contributed by atoms with van der Waals surface area (Å²) in [4.78, 5) is 22.1. The third-order valence-corrected chi connectivity index (χ3v) is 4.61. The lowest BCUT2D eigenvalue weighted by Crippen LogP contribution is -2.34. The van der Waals surface area contributed by atoms with Crippen molar-refractivity contribution in [2.75, 3.05) is 11.1 Å². The second-order valence-electron chi connectivity index (χ2n) is 4.01. The molecule has 0 aliphatic heterocycles. The van der Waals surface area contributed by atoms with E-state index in [1.54, 1.807) is 30.3 Å². The number of carboxylic acids is 1. The second-order valence-corrected chi connectivity index (χ2v) is 6.45. The maximum absolute atomic E-state index is 11.8. The van der Waals surface area contributed by atoms with Crippen molar-refractivity contribution in [2.45, 2.75) is 18.6 Å². The number of para-hydroxylation sites is 1. The van der Waals surface area contributed by atoms with E-state index in [9.17, 15) is 18.0 Å². The van der Waals surface area contributed by atoms with Gasteiger partial charge in [-0.1, -0.05) is 18.2 Å². The highest BCUT2D eigenvalue weighted by Crippen LogP contribution is 2.10. The van der Waals surface area contributed by atoms with Crippen LogP contribution in [0.5, 0.6) is 0 Å². The maximum atomic E-state index is 11.8. The van der Waals surface area contributed by atoms with Crippen molar-refractivity contribution in [3.8, 4) is 0 Å². The molecule has 0 spiro atoms. The number of carboxylic acid groups (broad SMARTS) is 1. The van der Waals surface area contributed by atoms with Crippen LogP contribution in [-0.4, -0.2) is 36.4 Å². The van der Waals surface area contributed by atoms with Gasteiger partial charge in [0.15, 0.2) is 9.84 Å². The number of carbonyl (C=O) groups is 2. The largest absolute Gasteiger partial charge is 0.481 e. The van der Waals surface area contributed by atoms with Crippen LogP contribution >= 0.6 is 0 Å². The first-order valence-electron chi connectivity index (χ1n) is 5.62. The molecule has 0 heterocycles. The molecule has 2 N–H and O–H groups in total. The minimum absolute atomic E-state index is 0.493. The van der Waals surface area contributed by atoms with E-state index in [0.29, 0.717) is 5.69 Å². The molecule has 7 heteroatoms. The fourth-order valence-electron chi connectivity index (χ4n) is 1.33. The molecule has 0 aromatic heterocycles. The van der Waals surface area contributed by atoms with Crippen LogP contribution in [0.2, 0.25) is 0 Å². The number of hydrogen-bond acceptors (Lipinski definition) is 4.